The second-order valence-electron chi connectivity index (χ2n) is 5.68. The van der Waals surface area contributed by atoms with Crippen LogP contribution in [0, 0.1) is 6.92 Å². The molecule has 1 aliphatic rings. The maximum atomic E-state index is 12.0. The zero-order valence-electron chi connectivity index (χ0n) is 11.8. The van der Waals surface area contributed by atoms with Crippen LogP contribution in [0.1, 0.15) is 24.8 Å². The van der Waals surface area contributed by atoms with Gasteiger partial charge in [0.1, 0.15) is 0 Å². The van der Waals surface area contributed by atoms with E-state index in [1.807, 2.05) is 25.1 Å². The normalized spacial score (nSPS) is 26.7. The van der Waals surface area contributed by atoms with E-state index in [1.165, 1.54) is 6.26 Å². The number of sulfone groups is 1. The number of rotatable bonds is 4. The number of benzene rings is 1. The summed E-state index contributed by atoms with van der Waals surface area (Å²) in [6, 6.07) is 5.98. The first-order chi connectivity index (χ1) is 9.28. The van der Waals surface area contributed by atoms with Crippen molar-refractivity contribution in [2.45, 2.75) is 37.0 Å². The van der Waals surface area contributed by atoms with E-state index >= 15 is 0 Å². The molecular formula is C14H21BrN2O2S. The van der Waals surface area contributed by atoms with Crippen molar-refractivity contribution in [3.63, 3.8) is 0 Å². The average molecular weight is 361 g/mol. The number of nitrogens with two attached hydrogens (primary N) is 1. The van der Waals surface area contributed by atoms with Crippen molar-refractivity contribution in [3.8, 4) is 0 Å². The summed E-state index contributed by atoms with van der Waals surface area (Å²) in [5.41, 5.74) is 7.41. The molecule has 0 amide bonds. The van der Waals surface area contributed by atoms with Gasteiger partial charge < -0.3 is 11.1 Å². The zero-order chi connectivity index (χ0) is 15.0. The molecule has 1 fully saturated rings. The van der Waals surface area contributed by atoms with Crippen LogP contribution >= 0.6 is 15.9 Å². The van der Waals surface area contributed by atoms with Gasteiger partial charge in [0, 0.05) is 23.0 Å². The van der Waals surface area contributed by atoms with E-state index in [9.17, 15) is 8.42 Å². The van der Waals surface area contributed by atoms with Crippen molar-refractivity contribution in [2.24, 2.45) is 5.73 Å². The number of hydrogen-bond acceptors (Lipinski definition) is 4. The predicted octanol–water partition coefficient (Wildman–Crippen LogP) is 2.46. The minimum Gasteiger partial charge on any atom is -0.376 e. The van der Waals surface area contributed by atoms with Gasteiger partial charge in [-0.1, -0.05) is 6.07 Å². The quantitative estimate of drug-likeness (QED) is 0.864. The maximum Gasteiger partial charge on any atom is 0.152 e. The fraction of sp³-hybridized carbons (Fsp3) is 0.571. The largest absolute Gasteiger partial charge is 0.376 e. The van der Waals surface area contributed by atoms with Gasteiger partial charge in [-0.3, -0.25) is 0 Å². The van der Waals surface area contributed by atoms with Crippen LogP contribution in [-0.2, 0) is 9.84 Å². The molecule has 0 aromatic heterocycles. The van der Waals surface area contributed by atoms with Crippen molar-refractivity contribution in [3.05, 3.63) is 28.2 Å². The highest BCUT2D eigenvalue weighted by Gasteiger charge is 2.47. The lowest BCUT2D eigenvalue weighted by Crippen LogP contribution is -2.54. The number of aryl methyl sites for hydroxylation is 1. The van der Waals surface area contributed by atoms with E-state index in [4.69, 9.17) is 5.73 Å². The standard InChI is InChI=1S/C14H21BrN2O2S/c1-10-5-6-11(15)12(8-10)17-14(9-16)7-3-4-13(14)20(2,18)19/h5-6,8,13,17H,3-4,7,9,16H2,1-2H3. The molecule has 4 nitrogen and oxygen atoms in total. The van der Waals surface area contributed by atoms with Gasteiger partial charge in [-0.15, -0.1) is 0 Å². The van der Waals surface area contributed by atoms with Crippen LogP contribution in [0.4, 0.5) is 5.69 Å². The highest BCUT2D eigenvalue weighted by molar-refractivity contribution is 9.10. The lowest BCUT2D eigenvalue weighted by atomic mass is 9.96. The van der Waals surface area contributed by atoms with E-state index in [1.54, 1.807) is 0 Å². The van der Waals surface area contributed by atoms with Crippen LogP contribution in [0.5, 0.6) is 0 Å². The lowest BCUT2D eigenvalue weighted by Gasteiger charge is -2.36. The van der Waals surface area contributed by atoms with Gasteiger partial charge >= 0.3 is 0 Å². The SMILES string of the molecule is Cc1ccc(Br)c(NC2(CN)CCCC2S(C)(=O)=O)c1. The summed E-state index contributed by atoms with van der Waals surface area (Å²) < 4.78 is 25.0. The number of anilines is 1. The molecule has 1 aromatic rings. The molecule has 20 heavy (non-hydrogen) atoms. The first kappa shape index (κ1) is 15.8. The Hall–Kier alpha value is -0.590. The molecule has 1 aliphatic carbocycles. The smallest absolute Gasteiger partial charge is 0.152 e. The second-order valence-corrected chi connectivity index (χ2v) is 8.76. The summed E-state index contributed by atoms with van der Waals surface area (Å²) in [6.45, 7) is 2.32. The number of hydrogen-bond donors (Lipinski definition) is 2. The van der Waals surface area contributed by atoms with Gasteiger partial charge in [-0.25, -0.2) is 8.42 Å². The summed E-state index contributed by atoms with van der Waals surface area (Å²) in [5, 5.41) is 3.00. The third-order valence-electron chi connectivity index (χ3n) is 4.09. The molecule has 1 aromatic carbocycles. The average Bonchev–Trinajstić information content (AvgIpc) is 2.78. The van der Waals surface area contributed by atoms with Crippen LogP contribution < -0.4 is 11.1 Å². The molecule has 2 rings (SSSR count). The Bertz CT molecular complexity index is 603. The summed E-state index contributed by atoms with van der Waals surface area (Å²) in [4.78, 5) is 0. The number of halogens is 1. The van der Waals surface area contributed by atoms with Crippen molar-refractivity contribution >= 4 is 31.5 Å². The van der Waals surface area contributed by atoms with Crippen LogP contribution in [0.15, 0.2) is 22.7 Å². The van der Waals surface area contributed by atoms with Crippen molar-refractivity contribution < 1.29 is 8.42 Å². The Balaban J connectivity index is 2.39. The Labute approximate surface area is 129 Å². The number of nitrogens with one attached hydrogen (secondary N) is 1. The van der Waals surface area contributed by atoms with Crippen molar-refractivity contribution in [1.29, 1.82) is 0 Å². The van der Waals surface area contributed by atoms with E-state index in [-0.39, 0.29) is 0 Å². The van der Waals surface area contributed by atoms with E-state index in [0.717, 1.165) is 28.6 Å². The molecule has 0 radical (unpaired) electrons. The minimum absolute atomic E-state index is 0.311. The molecule has 0 aliphatic heterocycles. The van der Waals surface area contributed by atoms with Gasteiger partial charge in [0.15, 0.2) is 9.84 Å². The van der Waals surface area contributed by atoms with Gasteiger partial charge in [0.2, 0.25) is 0 Å². The van der Waals surface area contributed by atoms with Crippen LogP contribution in [0.2, 0.25) is 0 Å². The van der Waals surface area contributed by atoms with E-state index < -0.39 is 20.6 Å². The fourth-order valence-corrected chi connectivity index (χ4v) is 5.13. The zero-order valence-corrected chi connectivity index (χ0v) is 14.2. The first-order valence-electron chi connectivity index (χ1n) is 6.72. The Morgan fingerprint density at radius 1 is 1.50 bits per heavy atom. The molecular weight excluding hydrogens is 340 g/mol. The molecule has 1 saturated carbocycles. The van der Waals surface area contributed by atoms with E-state index in [0.29, 0.717) is 13.0 Å². The predicted molar refractivity (Wildman–Crippen MR) is 86.8 cm³/mol. The van der Waals surface area contributed by atoms with Gasteiger partial charge in [0.25, 0.3) is 0 Å². The summed E-state index contributed by atoms with van der Waals surface area (Å²) in [5.74, 6) is 0. The van der Waals surface area contributed by atoms with Crippen LogP contribution in [0.25, 0.3) is 0 Å². The van der Waals surface area contributed by atoms with Gasteiger partial charge in [-0.2, -0.15) is 0 Å². The van der Waals surface area contributed by atoms with Gasteiger partial charge in [0.05, 0.1) is 10.8 Å². The summed E-state index contributed by atoms with van der Waals surface area (Å²) in [7, 11) is -3.12. The molecule has 2 atom stereocenters. The van der Waals surface area contributed by atoms with Crippen LogP contribution in [0.3, 0.4) is 0 Å². The van der Waals surface area contributed by atoms with Crippen molar-refractivity contribution in [2.75, 3.05) is 18.1 Å². The molecule has 112 valence electrons. The molecule has 3 N–H and O–H groups in total. The molecule has 6 heteroatoms. The Kier molecular flexibility index (Phi) is 4.47. The maximum absolute atomic E-state index is 12.0. The monoisotopic (exact) mass is 360 g/mol. The van der Waals surface area contributed by atoms with E-state index in [2.05, 4.69) is 21.2 Å². The topological polar surface area (TPSA) is 72.2 Å². The highest BCUT2D eigenvalue weighted by atomic mass is 79.9. The summed E-state index contributed by atoms with van der Waals surface area (Å²) in [6.07, 6.45) is 3.64. The molecule has 2 unspecified atom stereocenters. The molecule has 0 heterocycles. The Morgan fingerprint density at radius 3 is 2.80 bits per heavy atom. The third kappa shape index (κ3) is 3.02. The minimum atomic E-state index is -3.12. The molecule has 0 saturated heterocycles. The second kappa shape index (κ2) is 5.66. The van der Waals surface area contributed by atoms with Crippen molar-refractivity contribution in [1.82, 2.24) is 0 Å². The molecule has 0 spiro atoms. The fourth-order valence-electron chi connectivity index (χ4n) is 3.09. The first-order valence-corrected chi connectivity index (χ1v) is 9.46. The summed E-state index contributed by atoms with van der Waals surface area (Å²) >= 11 is 3.51. The van der Waals surface area contributed by atoms with Crippen LogP contribution in [-0.4, -0.2) is 32.0 Å². The third-order valence-corrected chi connectivity index (χ3v) is 6.50. The Morgan fingerprint density at radius 2 is 2.20 bits per heavy atom. The lowest BCUT2D eigenvalue weighted by molar-refractivity contribution is 0.479. The highest BCUT2D eigenvalue weighted by Crippen LogP contribution is 2.38. The molecule has 0 bridgehead atoms. The van der Waals surface area contributed by atoms with Gasteiger partial charge in [-0.05, 0) is 59.8 Å².